The van der Waals surface area contributed by atoms with Gasteiger partial charge in [0.15, 0.2) is 11.6 Å². The van der Waals surface area contributed by atoms with Gasteiger partial charge < -0.3 is 15.4 Å². The van der Waals surface area contributed by atoms with Gasteiger partial charge in [0.2, 0.25) is 0 Å². The molecule has 1 fully saturated rings. The normalized spacial score (nSPS) is 22.9. The summed E-state index contributed by atoms with van der Waals surface area (Å²) in [5.41, 5.74) is 0.414. The number of carbonyl (C=O) groups is 1. The van der Waals surface area contributed by atoms with Crippen LogP contribution in [0, 0.1) is 5.82 Å². The summed E-state index contributed by atoms with van der Waals surface area (Å²) in [6.45, 7) is 2.90. The zero-order valence-electron chi connectivity index (χ0n) is 11.2. The summed E-state index contributed by atoms with van der Waals surface area (Å²) in [6, 6.07) is 4.75. The number of piperidine rings is 1. The maximum absolute atomic E-state index is 13.3. The van der Waals surface area contributed by atoms with Crippen LogP contribution in [-0.4, -0.2) is 31.6 Å². The molecular weight excluding hydrogens is 247 g/mol. The topological polar surface area (TPSA) is 50.4 Å². The monoisotopic (exact) mass is 266 g/mol. The number of amides is 1. The fourth-order valence-corrected chi connectivity index (χ4v) is 2.19. The number of methoxy groups -OCH3 is 1. The Hall–Kier alpha value is -1.62. The minimum Gasteiger partial charge on any atom is -0.494 e. The second-order valence-electron chi connectivity index (χ2n) is 4.91. The van der Waals surface area contributed by atoms with Crippen LogP contribution in [0.2, 0.25) is 0 Å². The van der Waals surface area contributed by atoms with Gasteiger partial charge in [0, 0.05) is 24.2 Å². The van der Waals surface area contributed by atoms with Crippen molar-refractivity contribution < 1.29 is 13.9 Å². The van der Waals surface area contributed by atoms with Crippen molar-refractivity contribution >= 4 is 5.91 Å². The fraction of sp³-hybridized carbons (Fsp3) is 0.500. The van der Waals surface area contributed by atoms with E-state index in [1.165, 1.54) is 25.3 Å². The van der Waals surface area contributed by atoms with Crippen molar-refractivity contribution in [3.05, 3.63) is 29.6 Å². The molecule has 0 spiro atoms. The number of rotatable bonds is 3. The third-order valence-corrected chi connectivity index (χ3v) is 3.41. The van der Waals surface area contributed by atoms with Crippen LogP contribution in [0.5, 0.6) is 5.75 Å². The SMILES string of the molecule is COc1cc(C(=O)NC2CCC(C)NC2)ccc1F. The Bertz CT molecular complexity index is 457. The molecule has 5 heteroatoms. The first-order valence-electron chi connectivity index (χ1n) is 6.48. The van der Waals surface area contributed by atoms with Gasteiger partial charge in [-0.2, -0.15) is 0 Å². The van der Waals surface area contributed by atoms with E-state index >= 15 is 0 Å². The van der Waals surface area contributed by atoms with Gasteiger partial charge in [0.25, 0.3) is 5.91 Å². The van der Waals surface area contributed by atoms with Crippen LogP contribution in [-0.2, 0) is 0 Å². The Morgan fingerprint density at radius 3 is 2.89 bits per heavy atom. The van der Waals surface area contributed by atoms with E-state index in [1.807, 2.05) is 0 Å². The van der Waals surface area contributed by atoms with Gasteiger partial charge in [-0.05, 0) is 38.0 Å². The third kappa shape index (κ3) is 3.44. The van der Waals surface area contributed by atoms with E-state index in [2.05, 4.69) is 17.6 Å². The van der Waals surface area contributed by atoms with E-state index in [0.29, 0.717) is 11.6 Å². The average molecular weight is 266 g/mol. The molecular formula is C14H19FN2O2. The molecule has 1 aliphatic rings. The van der Waals surface area contributed by atoms with Gasteiger partial charge in [-0.25, -0.2) is 4.39 Å². The molecule has 2 unspecified atom stereocenters. The quantitative estimate of drug-likeness (QED) is 0.875. The second kappa shape index (κ2) is 6.02. The van der Waals surface area contributed by atoms with Crippen molar-refractivity contribution in [2.45, 2.75) is 31.8 Å². The number of halogens is 1. The lowest BCUT2D eigenvalue weighted by atomic mass is 10.0. The van der Waals surface area contributed by atoms with Crippen LogP contribution < -0.4 is 15.4 Å². The molecule has 0 radical (unpaired) electrons. The number of hydrogen-bond acceptors (Lipinski definition) is 3. The minimum absolute atomic E-state index is 0.0861. The zero-order valence-corrected chi connectivity index (χ0v) is 11.2. The molecule has 1 amide bonds. The lowest BCUT2D eigenvalue weighted by Gasteiger charge is -2.28. The minimum atomic E-state index is -0.466. The van der Waals surface area contributed by atoms with Gasteiger partial charge in [0.1, 0.15) is 0 Å². The van der Waals surface area contributed by atoms with Crippen molar-refractivity contribution in [1.82, 2.24) is 10.6 Å². The van der Waals surface area contributed by atoms with E-state index < -0.39 is 5.82 Å². The van der Waals surface area contributed by atoms with Gasteiger partial charge >= 0.3 is 0 Å². The highest BCUT2D eigenvalue weighted by Gasteiger charge is 2.20. The first kappa shape index (κ1) is 13.8. The highest BCUT2D eigenvalue weighted by Crippen LogP contribution is 2.18. The molecule has 0 bridgehead atoms. The molecule has 2 N–H and O–H groups in total. The average Bonchev–Trinajstić information content (AvgIpc) is 2.42. The summed E-state index contributed by atoms with van der Waals surface area (Å²) in [5, 5.41) is 6.27. The summed E-state index contributed by atoms with van der Waals surface area (Å²) in [7, 11) is 1.38. The standard InChI is InChI=1S/C14H19FN2O2/c1-9-3-5-11(8-16-9)17-14(18)10-4-6-12(15)13(7-10)19-2/h4,6-7,9,11,16H,3,5,8H2,1-2H3,(H,17,18). The lowest BCUT2D eigenvalue weighted by molar-refractivity contribution is 0.0927. The summed E-state index contributed by atoms with van der Waals surface area (Å²) < 4.78 is 18.1. The molecule has 0 aliphatic carbocycles. The van der Waals surface area contributed by atoms with Crippen LogP contribution in [0.15, 0.2) is 18.2 Å². The molecule has 19 heavy (non-hydrogen) atoms. The molecule has 4 nitrogen and oxygen atoms in total. The number of ether oxygens (including phenoxy) is 1. The number of hydrogen-bond donors (Lipinski definition) is 2. The Kier molecular flexibility index (Phi) is 4.37. The molecule has 0 saturated carbocycles. The fourth-order valence-electron chi connectivity index (χ4n) is 2.19. The highest BCUT2D eigenvalue weighted by atomic mass is 19.1. The molecule has 1 heterocycles. The van der Waals surface area contributed by atoms with Crippen LogP contribution in [0.1, 0.15) is 30.1 Å². The Balaban J connectivity index is 2.00. The first-order valence-corrected chi connectivity index (χ1v) is 6.48. The second-order valence-corrected chi connectivity index (χ2v) is 4.91. The largest absolute Gasteiger partial charge is 0.494 e. The van der Waals surface area contributed by atoms with E-state index in [-0.39, 0.29) is 17.7 Å². The van der Waals surface area contributed by atoms with Crippen molar-refractivity contribution in [3.8, 4) is 5.75 Å². The molecule has 2 atom stereocenters. The summed E-state index contributed by atoms with van der Waals surface area (Å²) in [5.74, 6) is -0.574. The summed E-state index contributed by atoms with van der Waals surface area (Å²) in [4.78, 5) is 12.1. The lowest BCUT2D eigenvalue weighted by Crippen LogP contribution is -2.48. The molecule has 1 aromatic carbocycles. The van der Waals surface area contributed by atoms with Gasteiger partial charge in [0.05, 0.1) is 7.11 Å². The predicted molar refractivity (Wildman–Crippen MR) is 70.9 cm³/mol. The highest BCUT2D eigenvalue weighted by molar-refractivity contribution is 5.94. The van der Waals surface area contributed by atoms with Crippen molar-refractivity contribution in [1.29, 1.82) is 0 Å². The zero-order chi connectivity index (χ0) is 13.8. The predicted octanol–water partition coefficient (Wildman–Crippen LogP) is 1.70. The van der Waals surface area contributed by atoms with E-state index in [9.17, 15) is 9.18 Å². The van der Waals surface area contributed by atoms with Gasteiger partial charge in [-0.1, -0.05) is 0 Å². The Morgan fingerprint density at radius 1 is 1.47 bits per heavy atom. The molecule has 1 aromatic rings. The van der Waals surface area contributed by atoms with Crippen molar-refractivity contribution in [2.24, 2.45) is 0 Å². The van der Waals surface area contributed by atoms with Crippen LogP contribution >= 0.6 is 0 Å². The smallest absolute Gasteiger partial charge is 0.251 e. The van der Waals surface area contributed by atoms with Crippen LogP contribution in [0.25, 0.3) is 0 Å². The van der Waals surface area contributed by atoms with Gasteiger partial charge in [-0.15, -0.1) is 0 Å². The molecule has 1 saturated heterocycles. The maximum atomic E-state index is 13.3. The first-order chi connectivity index (χ1) is 9.10. The molecule has 0 aromatic heterocycles. The maximum Gasteiger partial charge on any atom is 0.251 e. The summed E-state index contributed by atoms with van der Waals surface area (Å²) >= 11 is 0. The molecule has 2 rings (SSSR count). The number of nitrogens with one attached hydrogen (secondary N) is 2. The van der Waals surface area contributed by atoms with Gasteiger partial charge in [-0.3, -0.25) is 4.79 Å². The van der Waals surface area contributed by atoms with E-state index in [0.717, 1.165) is 19.4 Å². The van der Waals surface area contributed by atoms with Crippen molar-refractivity contribution in [2.75, 3.05) is 13.7 Å². The Labute approximate surface area is 112 Å². The van der Waals surface area contributed by atoms with E-state index in [1.54, 1.807) is 0 Å². The van der Waals surface area contributed by atoms with E-state index in [4.69, 9.17) is 4.74 Å². The van der Waals surface area contributed by atoms with Crippen molar-refractivity contribution in [3.63, 3.8) is 0 Å². The number of carbonyl (C=O) groups excluding carboxylic acids is 1. The summed E-state index contributed by atoms with van der Waals surface area (Å²) in [6.07, 6.45) is 2.00. The molecule has 104 valence electrons. The van der Waals surface area contributed by atoms with Crippen LogP contribution in [0.3, 0.4) is 0 Å². The van der Waals surface area contributed by atoms with Crippen LogP contribution in [0.4, 0.5) is 4.39 Å². The third-order valence-electron chi connectivity index (χ3n) is 3.41. The Morgan fingerprint density at radius 2 is 2.26 bits per heavy atom. The molecule has 1 aliphatic heterocycles. The number of benzene rings is 1.